The van der Waals surface area contributed by atoms with Gasteiger partial charge in [0.1, 0.15) is 0 Å². The molecule has 0 saturated carbocycles. The summed E-state index contributed by atoms with van der Waals surface area (Å²) in [5.74, 6) is -0.497. The van der Waals surface area contributed by atoms with Gasteiger partial charge in [0.15, 0.2) is 0 Å². The van der Waals surface area contributed by atoms with Gasteiger partial charge >= 0.3 is 0 Å². The van der Waals surface area contributed by atoms with E-state index in [0.717, 1.165) is 31.4 Å². The minimum Gasteiger partial charge on any atom is -0.398 e. The minimum absolute atomic E-state index is 0.196. The second-order valence-corrected chi connectivity index (χ2v) is 5.55. The van der Waals surface area contributed by atoms with Crippen LogP contribution in [-0.2, 0) is 0 Å². The number of piperidine rings is 1. The summed E-state index contributed by atoms with van der Waals surface area (Å²) in [7, 11) is 0. The molecule has 2 aliphatic rings. The maximum Gasteiger partial charge on any atom is 0.250 e. The van der Waals surface area contributed by atoms with Gasteiger partial charge in [0, 0.05) is 23.5 Å². The van der Waals surface area contributed by atoms with Gasteiger partial charge in [-0.1, -0.05) is 0 Å². The number of benzene rings is 1. The Morgan fingerprint density at radius 1 is 1.26 bits per heavy atom. The quantitative estimate of drug-likeness (QED) is 0.688. The summed E-state index contributed by atoms with van der Waals surface area (Å²) in [5.41, 5.74) is 12.9. The van der Waals surface area contributed by atoms with E-state index in [-0.39, 0.29) is 6.10 Å². The predicted octanol–water partition coefficient (Wildman–Crippen LogP) is 0.860. The van der Waals surface area contributed by atoms with Crippen LogP contribution >= 0.6 is 0 Å². The maximum atomic E-state index is 11.4. The van der Waals surface area contributed by atoms with Crippen molar-refractivity contribution in [1.82, 2.24) is 0 Å². The topological polar surface area (TPSA) is 92.6 Å². The number of primary amides is 1. The zero-order valence-corrected chi connectivity index (χ0v) is 10.7. The highest BCUT2D eigenvalue weighted by molar-refractivity contribution is 5.99. The van der Waals surface area contributed by atoms with E-state index >= 15 is 0 Å². The molecule has 0 aliphatic carbocycles. The van der Waals surface area contributed by atoms with Gasteiger partial charge in [0.25, 0.3) is 5.91 Å². The van der Waals surface area contributed by atoms with Crippen molar-refractivity contribution in [1.29, 1.82) is 0 Å². The summed E-state index contributed by atoms with van der Waals surface area (Å²) >= 11 is 0. The molecule has 0 radical (unpaired) electrons. The van der Waals surface area contributed by atoms with Crippen LogP contribution in [0, 0.1) is 0 Å². The Labute approximate surface area is 112 Å². The van der Waals surface area contributed by atoms with Gasteiger partial charge in [-0.15, -0.1) is 0 Å². The van der Waals surface area contributed by atoms with Crippen LogP contribution in [0.4, 0.5) is 11.4 Å². The van der Waals surface area contributed by atoms with Crippen LogP contribution in [0.15, 0.2) is 18.2 Å². The summed E-state index contributed by atoms with van der Waals surface area (Å²) in [4.78, 5) is 13.7. The third-order valence-electron chi connectivity index (χ3n) is 4.31. The molecule has 2 fully saturated rings. The fourth-order valence-corrected chi connectivity index (χ4v) is 3.49. The first-order valence-electron chi connectivity index (χ1n) is 6.72. The molecule has 1 amide bonds. The summed E-state index contributed by atoms with van der Waals surface area (Å²) in [6.45, 7) is 0. The molecule has 2 atom stereocenters. The molecular formula is C14H19N3O2. The van der Waals surface area contributed by atoms with Crippen LogP contribution in [0.25, 0.3) is 0 Å². The monoisotopic (exact) mass is 261 g/mol. The first-order valence-corrected chi connectivity index (χ1v) is 6.72. The average molecular weight is 261 g/mol. The van der Waals surface area contributed by atoms with E-state index in [1.54, 1.807) is 12.1 Å². The SMILES string of the molecule is NC(=O)c1cc(N2C3CCC2CC(O)C3)ccc1N. The lowest BCUT2D eigenvalue weighted by Crippen LogP contribution is -2.44. The number of hydrogen-bond donors (Lipinski definition) is 3. The number of nitrogens with two attached hydrogens (primary N) is 2. The predicted molar refractivity (Wildman–Crippen MR) is 73.9 cm³/mol. The highest BCUT2D eigenvalue weighted by Gasteiger charge is 2.40. The van der Waals surface area contributed by atoms with Crippen molar-refractivity contribution in [2.24, 2.45) is 5.73 Å². The summed E-state index contributed by atoms with van der Waals surface area (Å²) in [6, 6.07) is 6.17. The molecule has 2 aliphatic heterocycles. The molecule has 5 heteroatoms. The number of hydrogen-bond acceptors (Lipinski definition) is 4. The molecule has 0 aromatic heterocycles. The van der Waals surface area contributed by atoms with E-state index in [9.17, 15) is 9.90 Å². The summed E-state index contributed by atoms with van der Waals surface area (Å²) in [6.07, 6.45) is 3.59. The van der Waals surface area contributed by atoms with Crippen molar-refractivity contribution >= 4 is 17.3 Å². The number of nitrogens with zero attached hydrogens (tertiary/aromatic N) is 1. The Morgan fingerprint density at radius 2 is 1.89 bits per heavy atom. The second-order valence-electron chi connectivity index (χ2n) is 5.55. The average Bonchev–Trinajstić information content (AvgIpc) is 2.63. The first kappa shape index (κ1) is 12.3. The molecule has 5 N–H and O–H groups in total. The van der Waals surface area contributed by atoms with Gasteiger partial charge < -0.3 is 21.5 Å². The van der Waals surface area contributed by atoms with Crippen molar-refractivity contribution in [2.75, 3.05) is 10.6 Å². The lowest BCUT2D eigenvalue weighted by atomic mass is 9.98. The highest BCUT2D eigenvalue weighted by Crippen LogP contribution is 2.39. The van der Waals surface area contributed by atoms with Crippen molar-refractivity contribution in [3.05, 3.63) is 23.8 Å². The number of anilines is 2. The fraction of sp³-hybridized carbons (Fsp3) is 0.500. The van der Waals surface area contributed by atoms with Crippen LogP contribution < -0.4 is 16.4 Å². The molecule has 2 unspecified atom stereocenters. The Bertz CT molecular complexity index is 503. The Kier molecular flexibility index (Phi) is 2.86. The van der Waals surface area contributed by atoms with Gasteiger partial charge in [-0.05, 0) is 43.9 Å². The number of rotatable bonds is 2. The van der Waals surface area contributed by atoms with Gasteiger partial charge in [-0.3, -0.25) is 4.79 Å². The van der Waals surface area contributed by atoms with Gasteiger partial charge in [0.2, 0.25) is 0 Å². The molecule has 0 spiro atoms. The van der Waals surface area contributed by atoms with E-state index < -0.39 is 5.91 Å². The standard InChI is InChI=1S/C14H19N3O2/c15-13-4-3-10(7-12(13)14(16)19)17-8-1-2-9(17)6-11(18)5-8/h3-4,7-9,11,18H,1-2,5-6,15H2,(H2,16,19). The molecule has 2 saturated heterocycles. The molecule has 5 nitrogen and oxygen atoms in total. The second kappa shape index (κ2) is 4.42. The van der Waals surface area contributed by atoms with E-state index in [1.165, 1.54) is 0 Å². The molecule has 19 heavy (non-hydrogen) atoms. The number of aliphatic hydroxyl groups excluding tert-OH is 1. The molecule has 102 valence electrons. The van der Waals surface area contributed by atoms with Crippen LogP contribution in [-0.4, -0.2) is 29.2 Å². The largest absolute Gasteiger partial charge is 0.398 e. The number of carbonyl (C=O) groups is 1. The number of amides is 1. The zero-order valence-electron chi connectivity index (χ0n) is 10.7. The third kappa shape index (κ3) is 2.04. The molecule has 3 rings (SSSR count). The van der Waals surface area contributed by atoms with E-state index in [1.807, 2.05) is 6.07 Å². The van der Waals surface area contributed by atoms with E-state index in [4.69, 9.17) is 11.5 Å². The molecular weight excluding hydrogens is 242 g/mol. The smallest absolute Gasteiger partial charge is 0.250 e. The lowest BCUT2D eigenvalue weighted by molar-refractivity contribution is 0.100. The summed E-state index contributed by atoms with van der Waals surface area (Å²) in [5, 5.41) is 9.82. The van der Waals surface area contributed by atoms with Crippen molar-refractivity contribution in [3.8, 4) is 0 Å². The van der Waals surface area contributed by atoms with Crippen LogP contribution in [0.2, 0.25) is 0 Å². The van der Waals surface area contributed by atoms with Gasteiger partial charge in [-0.2, -0.15) is 0 Å². The Morgan fingerprint density at radius 3 is 2.47 bits per heavy atom. The van der Waals surface area contributed by atoms with Crippen molar-refractivity contribution < 1.29 is 9.90 Å². The summed E-state index contributed by atoms with van der Waals surface area (Å²) < 4.78 is 0. The van der Waals surface area contributed by atoms with Crippen LogP contribution in [0.5, 0.6) is 0 Å². The Hall–Kier alpha value is -1.75. The maximum absolute atomic E-state index is 11.4. The molecule has 1 aromatic carbocycles. The van der Waals surface area contributed by atoms with Crippen molar-refractivity contribution in [2.45, 2.75) is 43.9 Å². The van der Waals surface area contributed by atoms with Gasteiger partial charge in [-0.25, -0.2) is 0 Å². The Balaban J connectivity index is 1.95. The van der Waals surface area contributed by atoms with Crippen LogP contribution in [0.1, 0.15) is 36.0 Å². The van der Waals surface area contributed by atoms with Crippen molar-refractivity contribution in [3.63, 3.8) is 0 Å². The third-order valence-corrected chi connectivity index (χ3v) is 4.31. The number of aliphatic hydroxyl groups is 1. The molecule has 2 heterocycles. The number of nitrogen functional groups attached to an aromatic ring is 1. The normalized spacial score (nSPS) is 29.5. The van der Waals surface area contributed by atoms with E-state index in [0.29, 0.717) is 23.3 Å². The minimum atomic E-state index is -0.497. The van der Waals surface area contributed by atoms with E-state index in [2.05, 4.69) is 4.90 Å². The fourth-order valence-electron chi connectivity index (χ4n) is 3.49. The van der Waals surface area contributed by atoms with Crippen LogP contribution in [0.3, 0.4) is 0 Å². The lowest BCUT2D eigenvalue weighted by Gasteiger charge is -2.39. The highest BCUT2D eigenvalue weighted by atomic mass is 16.3. The first-order chi connectivity index (χ1) is 9.06. The van der Waals surface area contributed by atoms with Gasteiger partial charge in [0.05, 0.1) is 11.7 Å². The zero-order chi connectivity index (χ0) is 13.6. The molecule has 2 bridgehead atoms. The number of fused-ring (bicyclic) bond motifs is 2. The number of carbonyl (C=O) groups excluding carboxylic acids is 1. The molecule has 1 aromatic rings.